The Hall–Kier alpha value is -3.20. The lowest BCUT2D eigenvalue weighted by Gasteiger charge is -2.14. The number of nitrogens with zero attached hydrogens (tertiary/aromatic N) is 1. The van der Waals surface area contributed by atoms with E-state index in [0.717, 1.165) is 12.8 Å². The summed E-state index contributed by atoms with van der Waals surface area (Å²) in [6.07, 6.45) is 2.11. The summed E-state index contributed by atoms with van der Waals surface area (Å²) in [5.41, 5.74) is 1.47. The van der Waals surface area contributed by atoms with Crippen molar-refractivity contribution in [2.24, 2.45) is 4.99 Å². The number of hydrogen-bond acceptors (Lipinski definition) is 5. The van der Waals surface area contributed by atoms with Crippen LogP contribution < -0.4 is 15.4 Å². The van der Waals surface area contributed by atoms with Gasteiger partial charge in [0.25, 0.3) is 15.9 Å². The monoisotopic (exact) mass is 428 g/mol. The molecule has 1 unspecified atom stereocenters. The molecule has 1 aliphatic heterocycles. The van der Waals surface area contributed by atoms with Gasteiger partial charge in [-0.25, -0.2) is 8.42 Å². The van der Waals surface area contributed by atoms with Gasteiger partial charge in [-0.1, -0.05) is 31.9 Å². The second kappa shape index (κ2) is 9.08. The first kappa shape index (κ1) is 21.5. The number of anilines is 1. The number of rotatable bonds is 7. The predicted octanol–water partition coefficient (Wildman–Crippen LogP) is 2.28. The number of unbranched alkanes of at least 4 members (excludes halogenated alkanes) is 1. The van der Waals surface area contributed by atoms with E-state index in [4.69, 9.17) is 0 Å². The molecule has 8 nitrogen and oxygen atoms in total. The van der Waals surface area contributed by atoms with Crippen molar-refractivity contribution in [3.63, 3.8) is 0 Å². The average Bonchev–Trinajstić information content (AvgIpc) is 3.01. The summed E-state index contributed by atoms with van der Waals surface area (Å²) in [6.45, 7) is 2.01. The number of amidine groups is 1. The van der Waals surface area contributed by atoms with Crippen molar-refractivity contribution in [3.8, 4) is 0 Å². The maximum Gasteiger partial charge on any atom is 0.263 e. The van der Waals surface area contributed by atoms with Crippen molar-refractivity contribution < 1.29 is 18.0 Å². The van der Waals surface area contributed by atoms with Crippen LogP contribution in [0.15, 0.2) is 58.4 Å². The van der Waals surface area contributed by atoms with Crippen LogP contribution in [0.3, 0.4) is 0 Å². The summed E-state index contributed by atoms with van der Waals surface area (Å²) in [5, 5.41) is 5.34. The second-order valence-corrected chi connectivity index (χ2v) is 8.53. The van der Waals surface area contributed by atoms with Crippen molar-refractivity contribution in [2.75, 3.05) is 12.4 Å². The first-order valence-corrected chi connectivity index (χ1v) is 11.2. The second-order valence-electron chi connectivity index (χ2n) is 6.88. The topological polar surface area (TPSA) is 117 Å². The molecule has 0 aliphatic carbocycles. The van der Waals surface area contributed by atoms with Crippen LogP contribution in [0.25, 0.3) is 0 Å². The zero-order valence-electron chi connectivity index (χ0n) is 16.8. The molecule has 0 saturated heterocycles. The smallest absolute Gasteiger partial charge is 0.263 e. The van der Waals surface area contributed by atoms with Gasteiger partial charge in [-0.05, 0) is 42.8 Å². The van der Waals surface area contributed by atoms with E-state index in [0.29, 0.717) is 23.2 Å². The molecule has 3 N–H and O–H groups in total. The number of hydrogen-bond donors (Lipinski definition) is 3. The maximum absolute atomic E-state index is 12.9. The minimum atomic E-state index is -3.67. The molecule has 0 bridgehead atoms. The minimum absolute atomic E-state index is 0.156. The molecule has 3 rings (SSSR count). The molecule has 1 atom stereocenters. The number of amides is 2. The van der Waals surface area contributed by atoms with Crippen LogP contribution in [-0.4, -0.2) is 39.2 Å². The third-order valence-electron chi connectivity index (χ3n) is 4.72. The molecule has 1 heterocycles. The maximum atomic E-state index is 12.9. The van der Waals surface area contributed by atoms with Gasteiger partial charge in [0, 0.05) is 23.9 Å². The number of sulfonamides is 1. The first-order valence-electron chi connectivity index (χ1n) is 9.68. The van der Waals surface area contributed by atoms with E-state index in [2.05, 4.69) is 20.3 Å². The summed E-state index contributed by atoms with van der Waals surface area (Å²) >= 11 is 0. The third-order valence-corrected chi connectivity index (χ3v) is 6.12. The van der Waals surface area contributed by atoms with Crippen molar-refractivity contribution in [1.29, 1.82) is 0 Å². The van der Waals surface area contributed by atoms with Crippen LogP contribution in [0.2, 0.25) is 0 Å². The Morgan fingerprint density at radius 1 is 1.10 bits per heavy atom. The number of aliphatic imine (C=N–C) groups is 1. The van der Waals surface area contributed by atoms with E-state index in [1.807, 2.05) is 6.92 Å². The summed E-state index contributed by atoms with van der Waals surface area (Å²) in [5.74, 6) is -0.378. The van der Waals surface area contributed by atoms with Crippen LogP contribution in [0.5, 0.6) is 0 Å². The summed E-state index contributed by atoms with van der Waals surface area (Å²) < 4.78 is 27.1. The lowest BCUT2D eigenvalue weighted by Crippen LogP contribution is -2.30. The fraction of sp³-hybridized carbons (Fsp3) is 0.286. The number of carbonyl (C=O) groups is 2. The summed E-state index contributed by atoms with van der Waals surface area (Å²) in [6, 6.07) is 12.3. The molecule has 2 aromatic rings. The first-order chi connectivity index (χ1) is 14.4. The molecule has 158 valence electrons. The molecule has 0 aromatic heterocycles. The van der Waals surface area contributed by atoms with Gasteiger partial charge in [-0.2, -0.15) is 0 Å². The zero-order chi connectivity index (χ0) is 21.7. The summed E-state index contributed by atoms with van der Waals surface area (Å²) in [4.78, 5) is 29.1. The molecule has 0 saturated carbocycles. The fourth-order valence-electron chi connectivity index (χ4n) is 3.11. The highest BCUT2D eigenvalue weighted by atomic mass is 32.2. The molecule has 0 radical (unpaired) electrons. The quantitative estimate of drug-likeness (QED) is 0.627. The van der Waals surface area contributed by atoms with E-state index in [1.165, 1.54) is 6.07 Å². The minimum Gasteiger partial charge on any atom is -0.355 e. The van der Waals surface area contributed by atoms with Crippen molar-refractivity contribution in [1.82, 2.24) is 10.0 Å². The molecule has 0 spiro atoms. The Morgan fingerprint density at radius 3 is 2.47 bits per heavy atom. The van der Waals surface area contributed by atoms with Crippen LogP contribution in [-0.2, 0) is 14.8 Å². The standard InChI is InChI=1S/C21H24N4O4S/c1-3-4-8-17(21(27)23-15-12-10-14(11-13-15)20(26)22-2)24-19-16-7-5-6-9-18(16)30(28,29)25-19/h5-7,9-13,17H,3-4,8H2,1-2H3,(H,22,26)(H,23,27)(H,24,25). The Bertz CT molecular complexity index is 1080. The molecule has 9 heteroatoms. The van der Waals surface area contributed by atoms with Crippen LogP contribution >= 0.6 is 0 Å². The van der Waals surface area contributed by atoms with Gasteiger partial charge < -0.3 is 10.6 Å². The Labute approximate surface area is 175 Å². The highest BCUT2D eigenvalue weighted by Crippen LogP contribution is 2.23. The predicted molar refractivity (Wildman–Crippen MR) is 115 cm³/mol. The van der Waals surface area contributed by atoms with Gasteiger partial charge in [-0.15, -0.1) is 0 Å². The molecule has 2 amide bonds. The zero-order valence-corrected chi connectivity index (χ0v) is 17.6. The van der Waals surface area contributed by atoms with Crippen LogP contribution in [0, 0.1) is 0 Å². The summed E-state index contributed by atoms with van der Waals surface area (Å²) in [7, 11) is -2.12. The average molecular weight is 429 g/mol. The van der Waals surface area contributed by atoms with Crippen LogP contribution in [0.4, 0.5) is 5.69 Å². The lowest BCUT2D eigenvalue weighted by molar-refractivity contribution is -0.117. The van der Waals surface area contributed by atoms with Gasteiger partial charge in [0.05, 0.1) is 4.90 Å². The third kappa shape index (κ3) is 4.68. The van der Waals surface area contributed by atoms with Crippen molar-refractivity contribution >= 4 is 33.4 Å². The van der Waals surface area contributed by atoms with Gasteiger partial charge >= 0.3 is 0 Å². The highest BCUT2D eigenvalue weighted by Gasteiger charge is 2.31. The molecular formula is C21H24N4O4S. The van der Waals surface area contributed by atoms with Gasteiger partial charge in [0.15, 0.2) is 0 Å². The van der Waals surface area contributed by atoms with Crippen molar-refractivity contribution in [3.05, 3.63) is 59.7 Å². The molecule has 0 fully saturated rings. The fourth-order valence-corrected chi connectivity index (χ4v) is 4.35. The van der Waals surface area contributed by atoms with E-state index in [-0.39, 0.29) is 22.5 Å². The number of fused-ring (bicyclic) bond motifs is 1. The molecule has 30 heavy (non-hydrogen) atoms. The van der Waals surface area contributed by atoms with E-state index in [1.54, 1.807) is 49.5 Å². The SMILES string of the molecule is CCCCC(N=C1NS(=O)(=O)c2ccccc21)C(=O)Nc1ccc(C(=O)NC)cc1. The highest BCUT2D eigenvalue weighted by molar-refractivity contribution is 7.90. The number of nitrogens with one attached hydrogen (secondary N) is 3. The number of carbonyl (C=O) groups excluding carboxylic acids is 2. The molecule has 2 aromatic carbocycles. The Morgan fingerprint density at radius 2 is 1.80 bits per heavy atom. The Balaban J connectivity index is 1.83. The molecule has 1 aliphatic rings. The van der Waals surface area contributed by atoms with E-state index < -0.39 is 16.1 Å². The Kier molecular flexibility index (Phi) is 6.51. The van der Waals surface area contributed by atoms with Gasteiger partial charge in [0.2, 0.25) is 5.91 Å². The largest absolute Gasteiger partial charge is 0.355 e. The van der Waals surface area contributed by atoms with Crippen molar-refractivity contribution in [2.45, 2.75) is 37.1 Å². The lowest BCUT2D eigenvalue weighted by atomic mass is 10.1. The van der Waals surface area contributed by atoms with Crippen LogP contribution in [0.1, 0.15) is 42.1 Å². The molecular weight excluding hydrogens is 404 g/mol. The van der Waals surface area contributed by atoms with Gasteiger partial charge in [-0.3, -0.25) is 19.3 Å². The van der Waals surface area contributed by atoms with Gasteiger partial charge in [0.1, 0.15) is 11.9 Å². The van der Waals surface area contributed by atoms with E-state index >= 15 is 0 Å². The number of benzene rings is 2. The normalized spacial score (nSPS) is 16.4. The van der Waals surface area contributed by atoms with E-state index in [9.17, 15) is 18.0 Å².